The lowest BCUT2D eigenvalue weighted by Crippen LogP contribution is -2.46. The minimum absolute atomic E-state index is 0.00993. The minimum Gasteiger partial charge on any atom is -0.468 e. The standard InChI is InChI=1S/C16H20N2O4/c1-11(19)17-10-16(15(21)22-3)9-13(20)18(2)14(16)12-7-5-4-6-8-12/h4-8,14H,9-10H2,1-3H3,(H,17,19)/t14-,16+/m1/s1. The molecule has 0 bridgehead atoms. The number of rotatable bonds is 4. The van der Waals surface area contributed by atoms with Crippen LogP contribution in [-0.4, -0.2) is 43.4 Å². The Hall–Kier alpha value is -2.37. The van der Waals surface area contributed by atoms with Crippen LogP contribution in [0.2, 0.25) is 0 Å². The summed E-state index contributed by atoms with van der Waals surface area (Å²) in [7, 11) is 2.96. The lowest BCUT2D eigenvalue weighted by Gasteiger charge is -2.34. The van der Waals surface area contributed by atoms with E-state index in [0.29, 0.717) is 0 Å². The largest absolute Gasteiger partial charge is 0.468 e. The van der Waals surface area contributed by atoms with Crippen molar-refractivity contribution in [3.8, 4) is 0 Å². The van der Waals surface area contributed by atoms with E-state index in [9.17, 15) is 14.4 Å². The fourth-order valence-electron chi connectivity index (χ4n) is 3.08. The van der Waals surface area contributed by atoms with Crippen LogP contribution in [0.3, 0.4) is 0 Å². The molecule has 2 atom stereocenters. The van der Waals surface area contributed by atoms with Gasteiger partial charge >= 0.3 is 5.97 Å². The molecule has 0 aliphatic carbocycles. The normalized spacial score (nSPS) is 24.2. The molecule has 2 amide bonds. The van der Waals surface area contributed by atoms with Gasteiger partial charge in [-0.15, -0.1) is 0 Å². The Bertz CT molecular complexity index is 587. The fraction of sp³-hybridized carbons (Fsp3) is 0.438. The first-order chi connectivity index (χ1) is 10.4. The van der Waals surface area contributed by atoms with Gasteiger partial charge in [-0.1, -0.05) is 30.3 Å². The molecule has 1 fully saturated rings. The first-order valence-electron chi connectivity index (χ1n) is 7.06. The molecule has 6 heteroatoms. The molecular weight excluding hydrogens is 284 g/mol. The molecule has 0 unspecified atom stereocenters. The number of carbonyl (C=O) groups is 3. The van der Waals surface area contributed by atoms with Gasteiger partial charge in [0.1, 0.15) is 5.41 Å². The third kappa shape index (κ3) is 2.68. The molecule has 0 spiro atoms. The van der Waals surface area contributed by atoms with Crippen molar-refractivity contribution in [2.75, 3.05) is 20.7 Å². The SMILES string of the molecule is COC(=O)[C@]1(CNC(C)=O)CC(=O)N(C)[C@@H]1c1ccccc1. The van der Waals surface area contributed by atoms with Gasteiger partial charge in [-0.2, -0.15) is 0 Å². The van der Waals surface area contributed by atoms with E-state index in [4.69, 9.17) is 4.74 Å². The van der Waals surface area contributed by atoms with Crippen LogP contribution in [0.5, 0.6) is 0 Å². The highest BCUT2D eigenvalue weighted by molar-refractivity contribution is 5.91. The molecule has 1 saturated heterocycles. The van der Waals surface area contributed by atoms with Crippen LogP contribution in [-0.2, 0) is 19.1 Å². The zero-order valence-corrected chi connectivity index (χ0v) is 13.0. The maximum Gasteiger partial charge on any atom is 0.316 e. The van der Waals surface area contributed by atoms with E-state index in [-0.39, 0.29) is 24.8 Å². The summed E-state index contributed by atoms with van der Waals surface area (Å²) < 4.78 is 4.95. The van der Waals surface area contributed by atoms with Gasteiger partial charge in [0.15, 0.2) is 0 Å². The van der Waals surface area contributed by atoms with Crippen LogP contribution in [0.4, 0.5) is 0 Å². The summed E-state index contributed by atoms with van der Waals surface area (Å²) in [4.78, 5) is 37.6. The van der Waals surface area contributed by atoms with Crippen molar-refractivity contribution >= 4 is 17.8 Å². The van der Waals surface area contributed by atoms with Gasteiger partial charge < -0.3 is 15.0 Å². The predicted octanol–water partition coefficient (Wildman–Crippen LogP) is 0.885. The molecule has 6 nitrogen and oxygen atoms in total. The Labute approximate surface area is 129 Å². The van der Waals surface area contributed by atoms with Crippen molar-refractivity contribution in [1.82, 2.24) is 10.2 Å². The number of benzene rings is 1. The van der Waals surface area contributed by atoms with Gasteiger partial charge in [0.2, 0.25) is 11.8 Å². The van der Waals surface area contributed by atoms with Crippen LogP contribution >= 0.6 is 0 Å². The summed E-state index contributed by atoms with van der Waals surface area (Å²) in [6, 6.07) is 8.84. The van der Waals surface area contributed by atoms with E-state index in [1.165, 1.54) is 14.0 Å². The second-order valence-electron chi connectivity index (χ2n) is 5.55. The third-order valence-electron chi connectivity index (χ3n) is 4.13. The Kier molecular flexibility index (Phi) is 4.49. The summed E-state index contributed by atoms with van der Waals surface area (Å²) in [6.07, 6.45) is 0.00993. The molecule has 0 saturated carbocycles. The second kappa shape index (κ2) is 6.17. The number of esters is 1. The quantitative estimate of drug-likeness (QED) is 0.838. The number of carbonyl (C=O) groups excluding carboxylic acids is 3. The Morgan fingerprint density at radius 2 is 2.00 bits per heavy atom. The van der Waals surface area contributed by atoms with E-state index in [1.54, 1.807) is 11.9 Å². The number of amides is 2. The number of hydrogen-bond acceptors (Lipinski definition) is 4. The van der Waals surface area contributed by atoms with Gasteiger partial charge in [0.25, 0.3) is 0 Å². The lowest BCUT2D eigenvalue weighted by atomic mass is 9.76. The monoisotopic (exact) mass is 304 g/mol. The molecule has 1 aliphatic heterocycles. The molecule has 22 heavy (non-hydrogen) atoms. The molecule has 2 rings (SSSR count). The van der Waals surface area contributed by atoms with Crippen molar-refractivity contribution < 1.29 is 19.1 Å². The van der Waals surface area contributed by atoms with Crippen LogP contribution in [0.15, 0.2) is 30.3 Å². The van der Waals surface area contributed by atoms with Crippen molar-refractivity contribution in [2.24, 2.45) is 5.41 Å². The van der Waals surface area contributed by atoms with Gasteiger partial charge in [0, 0.05) is 26.9 Å². The Balaban J connectivity index is 2.50. The lowest BCUT2D eigenvalue weighted by molar-refractivity contribution is -0.154. The van der Waals surface area contributed by atoms with E-state index < -0.39 is 17.4 Å². The maximum absolute atomic E-state index is 12.5. The van der Waals surface area contributed by atoms with Crippen molar-refractivity contribution in [2.45, 2.75) is 19.4 Å². The Morgan fingerprint density at radius 3 is 2.55 bits per heavy atom. The smallest absolute Gasteiger partial charge is 0.316 e. The number of hydrogen-bond donors (Lipinski definition) is 1. The summed E-state index contributed by atoms with van der Waals surface area (Å²) in [5, 5.41) is 2.67. The predicted molar refractivity (Wildman–Crippen MR) is 79.7 cm³/mol. The fourth-order valence-corrected chi connectivity index (χ4v) is 3.08. The summed E-state index contributed by atoms with van der Waals surface area (Å²) >= 11 is 0. The van der Waals surface area contributed by atoms with Crippen LogP contribution in [0.25, 0.3) is 0 Å². The first kappa shape index (κ1) is 16.0. The number of ether oxygens (including phenoxy) is 1. The van der Waals surface area contributed by atoms with E-state index in [1.807, 2.05) is 30.3 Å². The van der Waals surface area contributed by atoms with Gasteiger partial charge in [0.05, 0.1) is 13.2 Å². The zero-order chi connectivity index (χ0) is 16.3. The summed E-state index contributed by atoms with van der Waals surface area (Å²) in [6.45, 7) is 1.44. The highest BCUT2D eigenvalue weighted by Gasteiger charge is 2.57. The van der Waals surface area contributed by atoms with Gasteiger partial charge in [-0.25, -0.2) is 0 Å². The molecule has 1 heterocycles. The van der Waals surface area contributed by atoms with E-state index >= 15 is 0 Å². The summed E-state index contributed by atoms with van der Waals surface area (Å²) in [5.41, 5.74) is -0.278. The van der Waals surface area contributed by atoms with Crippen molar-refractivity contribution in [1.29, 1.82) is 0 Å². The highest BCUT2D eigenvalue weighted by atomic mass is 16.5. The number of methoxy groups -OCH3 is 1. The van der Waals surface area contributed by atoms with E-state index in [0.717, 1.165) is 5.56 Å². The molecule has 1 aromatic carbocycles. The van der Waals surface area contributed by atoms with Gasteiger partial charge in [-0.3, -0.25) is 14.4 Å². The second-order valence-corrected chi connectivity index (χ2v) is 5.55. The minimum atomic E-state index is -1.12. The maximum atomic E-state index is 12.5. The summed E-state index contributed by atoms with van der Waals surface area (Å²) in [5.74, 6) is -0.894. The number of nitrogens with zero attached hydrogens (tertiary/aromatic N) is 1. The topological polar surface area (TPSA) is 75.7 Å². The zero-order valence-electron chi connectivity index (χ0n) is 13.0. The number of nitrogens with one attached hydrogen (secondary N) is 1. The first-order valence-corrected chi connectivity index (χ1v) is 7.06. The highest BCUT2D eigenvalue weighted by Crippen LogP contribution is 2.47. The average Bonchev–Trinajstić information content (AvgIpc) is 2.77. The number of likely N-dealkylation sites (tertiary alicyclic amines) is 1. The molecule has 0 aromatic heterocycles. The van der Waals surface area contributed by atoms with Crippen molar-refractivity contribution in [3.63, 3.8) is 0 Å². The van der Waals surface area contributed by atoms with Crippen molar-refractivity contribution in [3.05, 3.63) is 35.9 Å². The van der Waals surface area contributed by atoms with Crippen LogP contribution in [0, 0.1) is 5.41 Å². The van der Waals surface area contributed by atoms with Crippen LogP contribution < -0.4 is 5.32 Å². The van der Waals surface area contributed by atoms with E-state index in [2.05, 4.69) is 5.32 Å². The van der Waals surface area contributed by atoms with Gasteiger partial charge in [-0.05, 0) is 5.56 Å². The molecule has 1 aliphatic rings. The molecular formula is C16H20N2O4. The van der Waals surface area contributed by atoms with Crippen LogP contribution in [0.1, 0.15) is 24.9 Å². The molecule has 118 valence electrons. The molecule has 0 radical (unpaired) electrons. The Morgan fingerprint density at radius 1 is 1.36 bits per heavy atom. The average molecular weight is 304 g/mol. The molecule has 1 N–H and O–H groups in total. The third-order valence-corrected chi connectivity index (χ3v) is 4.13. The molecule has 1 aromatic rings.